The Labute approximate surface area is 205 Å². The van der Waals surface area contributed by atoms with Crippen LogP contribution in [0.3, 0.4) is 0 Å². The van der Waals surface area contributed by atoms with Crippen molar-refractivity contribution >= 4 is 17.6 Å². The minimum absolute atomic E-state index is 0.391. The number of carbonyl (C=O) groups excluding carboxylic acids is 1. The molecule has 0 heterocycles. The van der Waals surface area contributed by atoms with E-state index in [4.69, 9.17) is 21.1 Å². The van der Waals surface area contributed by atoms with Crippen molar-refractivity contribution in [1.29, 1.82) is 0 Å². The smallest absolute Gasteiger partial charge is 0.340 e. The lowest BCUT2D eigenvalue weighted by Crippen LogP contribution is -2.39. The standard InChI is InChI=1S/C29H41ClO3/c1-21(2)24-17-14-22(3)11-10-20-29(5,30)26(19-16-23(4)15-18-24)33-28(31)27(32-6)25-12-8-7-9-13-25/h7-9,11-13,15,24,26-27H,1,10,14,16-20H2,2-6H3/b22-11+,23-15+/t24-,26+,27+,29+/m0/s1. The summed E-state index contributed by atoms with van der Waals surface area (Å²) in [6, 6.07) is 9.45. The highest BCUT2D eigenvalue weighted by molar-refractivity contribution is 6.24. The zero-order valence-electron chi connectivity index (χ0n) is 21.0. The van der Waals surface area contributed by atoms with Crippen LogP contribution in [0.5, 0.6) is 0 Å². The van der Waals surface area contributed by atoms with Crippen molar-refractivity contribution in [3.8, 4) is 0 Å². The summed E-state index contributed by atoms with van der Waals surface area (Å²) in [5.41, 5.74) is 4.70. The number of hydrogen-bond acceptors (Lipinski definition) is 3. The van der Waals surface area contributed by atoms with Crippen molar-refractivity contribution in [3.05, 3.63) is 71.3 Å². The third-order valence-corrected chi connectivity index (χ3v) is 7.18. The maximum absolute atomic E-state index is 13.1. The van der Waals surface area contributed by atoms with Crippen molar-refractivity contribution in [1.82, 2.24) is 0 Å². The van der Waals surface area contributed by atoms with Gasteiger partial charge in [-0.15, -0.1) is 11.6 Å². The van der Waals surface area contributed by atoms with Crippen LogP contribution in [-0.2, 0) is 14.3 Å². The molecule has 0 unspecified atom stereocenters. The van der Waals surface area contributed by atoms with E-state index in [2.05, 4.69) is 39.5 Å². The van der Waals surface area contributed by atoms with Crippen LogP contribution in [0.1, 0.15) is 84.3 Å². The molecule has 0 radical (unpaired) electrons. The van der Waals surface area contributed by atoms with Crippen molar-refractivity contribution in [2.75, 3.05) is 7.11 Å². The second-order valence-corrected chi connectivity index (χ2v) is 10.6. The zero-order valence-corrected chi connectivity index (χ0v) is 21.8. The highest BCUT2D eigenvalue weighted by atomic mass is 35.5. The number of benzene rings is 1. The molecule has 1 aliphatic rings. The van der Waals surface area contributed by atoms with Gasteiger partial charge in [-0.25, -0.2) is 4.79 Å². The van der Waals surface area contributed by atoms with Crippen LogP contribution in [0.4, 0.5) is 0 Å². The SMILES string of the molecule is C=C(C)[C@@H]1C/C=C(\C)CC[C@@H](OC(=O)[C@H](OC)c2ccccc2)[C@](C)(Cl)CC/C=C(\C)CC1. The predicted octanol–water partition coefficient (Wildman–Crippen LogP) is 8.11. The molecule has 0 N–H and O–H groups in total. The number of carbonyl (C=O) groups is 1. The largest absolute Gasteiger partial charge is 0.458 e. The molecule has 3 nitrogen and oxygen atoms in total. The van der Waals surface area contributed by atoms with Gasteiger partial charge in [-0.3, -0.25) is 0 Å². The number of esters is 1. The molecule has 0 bridgehead atoms. The van der Waals surface area contributed by atoms with Gasteiger partial charge in [0.2, 0.25) is 0 Å². The first-order valence-electron chi connectivity index (χ1n) is 12.1. The summed E-state index contributed by atoms with van der Waals surface area (Å²) in [6.45, 7) is 12.7. The Hall–Kier alpha value is -1.84. The molecule has 4 atom stereocenters. The summed E-state index contributed by atoms with van der Waals surface area (Å²) in [5.74, 6) is 0.101. The lowest BCUT2D eigenvalue weighted by atomic mass is 9.88. The van der Waals surface area contributed by atoms with Crippen LogP contribution < -0.4 is 0 Å². The van der Waals surface area contributed by atoms with Crippen LogP contribution in [0, 0.1) is 5.92 Å². The number of methoxy groups -OCH3 is 1. The molecule has 0 aliphatic heterocycles. The maximum atomic E-state index is 13.1. The number of ether oxygens (including phenoxy) is 2. The van der Waals surface area contributed by atoms with Crippen LogP contribution in [0.15, 0.2) is 65.8 Å². The summed E-state index contributed by atoms with van der Waals surface area (Å²) in [7, 11) is 1.53. The molecule has 0 fully saturated rings. The fraction of sp³-hybridized carbons (Fsp3) is 0.552. The highest BCUT2D eigenvalue weighted by Crippen LogP contribution is 2.34. The lowest BCUT2D eigenvalue weighted by Gasteiger charge is -2.33. The van der Waals surface area contributed by atoms with E-state index in [0.717, 1.165) is 44.1 Å². The van der Waals surface area contributed by atoms with Crippen LogP contribution in [-0.4, -0.2) is 24.1 Å². The van der Waals surface area contributed by atoms with Gasteiger partial charge in [0, 0.05) is 7.11 Å². The van der Waals surface area contributed by atoms with E-state index < -0.39 is 23.1 Å². The Balaban J connectivity index is 2.23. The Morgan fingerprint density at radius 2 is 1.76 bits per heavy atom. The van der Waals surface area contributed by atoms with Gasteiger partial charge in [-0.2, -0.15) is 0 Å². The van der Waals surface area contributed by atoms with Crippen molar-refractivity contribution in [3.63, 3.8) is 0 Å². The van der Waals surface area contributed by atoms with Crippen LogP contribution in [0.25, 0.3) is 0 Å². The first-order valence-corrected chi connectivity index (χ1v) is 12.5. The maximum Gasteiger partial charge on any atom is 0.340 e. The van der Waals surface area contributed by atoms with Crippen molar-refractivity contribution in [2.24, 2.45) is 5.92 Å². The van der Waals surface area contributed by atoms with E-state index in [1.54, 1.807) is 0 Å². The summed E-state index contributed by atoms with van der Waals surface area (Å²) in [6.07, 6.45) is 9.72. The summed E-state index contributed by atoms with van der Waals surface area (Å²) >= 11 is 7.03. The molecule has 1 aliphatic carbocycles. The van der Waals surface area contributed by atoms with Gasteiger partial charge in [0.25, 0.3) is 0 Å². The predicted molar refractivity (Wildman–Crippen MR) is 138 cm³/mol. The molecule has 0 saturated heterocycles. The van der Waals surface area contributed by atoms with Gasteiger partial charge < -0.3 is 9.47 Å². The minimum atomic E-state index is -0.762. The Bertz CT molecular complexity index is 838. The van der Waals surface area contributed by atoms with Gasteiger partial charge in [0.05, 0.1) is 4.87 Å². The van der Waals surface area contributed by atoms with Gasteiger partial charge in [0.1, 0.15) is 6.10 Å². The third-order valence-electron chi connectivity index (χ3n) is 6.74. The molecule has 0 saturated carbocycles. The summed E-state index contributed by atoms with van der Waals surface area (Å²) in [4.78, 5) is 12.5. The number of allylic oxidation sites excluding steroid dienone is 5. The zero-order chi connectivity index (χ0) is 24.4. The highest BCUT2D eigenvalue weighted by Gasteiger charge is 2.36. The van der Waals surface area contributed by atoms with Crippen molar-refractivity contribution in [2.45, 2.75) is 89.7 Å². The average molecular weight is 473 g/mol. The van der Waals surface area contributed by atoms with E-state index in [-0.39, 0.29) is 0 Å². The first-order chi connectivity index (χ1) is 15.6. The topological polar surface area (TPSA) is 35.5 Å². The molecule has 4 heteroatoms. The third kappa shape index (κ3) is 8.79. The minimum Gasteiger partial charge on any atom is -0.458 e. The number of hydrogen-bond donors (Lipinski definition) is 0. The quantitative estimate of drug-likeness (QED) is 0.246. The van der Waals surface area contributed by atoms with E-state index in [1.807, 2.05) is 37.3 Å². The number of rotatable bonds is 5. The second kappa shape index (κ2) is 13.2. The molecule has 0 aromatic heterocycles. The Kier molecular flexibility index (Phi) is 10.9. The summed E-state index contributed by atoms with van der Waals surface area (Å²) < 4.78 is 11.5. The van der Waals surface area contributed by atoms with Gasteiger partial charge in [-0.05, 0) is 84.1 Å². The molecule has 0 spiro atoms. The van der Waals surface area contributed by atoms with E-state index in [9.17, 15) is 4.79 Å². The van der Waals surface area contributed by atoms with E-state index >= 15 is 0 Å². The molecule has 2 rings (SSSR count). The fourth-order valence-electron chi connectivity index (χ4n) is 4.32. The lowest BCUT2D eigenvalue weighted by molar-refractivity contribution is -0.163. The normalized spacial score (nSPS) is 29.5. The van der Waals surface area contributed by atoms with Gasteiger partial charge >= 0.3 is 5.97 Å². The monoisotopic (exact) mass is 472 g/mol. The number of halogens is 1. The van der Waals surface area contributed by atoms with E-state index in [1.165, 1.54) is 23.8 Å². The van der Waals surface area contributed by atoms with Crippen molar-refractivity contribution < 1.29 is 14.3 Å². The molecule has 182 valence electrons. The fourth-order valence-corrected chi connectivity index (χ4v) is 4.58. The van der Waals surface area contributed by atoms with Gasteiger partial charge in [0.15, 0.2) is 6.10 Å². The second-order valence-electron chi connectivity index (χ2n) is 9.73. The molecular formula is C29H41ClO3. The molecular weight excluding hydrogens is 432 g/mol. The van der Waals surface area contributed by atoms with Gasteiger partial charge in [-0.1, -0.05) is 65.8 Å². The molecule has 1 aromatic carbocycles. The average Bonchev–Trinajstić information content (AvgIpc) is 2.76. The molecule has 0 amide bonds. The van der Waals surface area contributed by atoms with E-state index in [0.29, 0.717) is 12.3 Å². The molecule has 33 heavy (non-hydrogen) atoms. The first kappa shape index (κ1) is 27.4. The Morgan fingerprint density at radius 1 is 1.12 bits per heavy atom. The van der Waals surface area contributed by atoms with Crippen LogP contribution >= 0.6 is 11.6 Å². The Morgan fingerprint density at radius 3 is 2.39 bits per heavy atom. The molecule has 1 aromatic rings. The summed E-state index contributed by atoms with van der Waals surface area (Å²) in [5, 5.41) is 0. The van der Waals surface area contributed by atoms with Crippen LogP contribution in [0.2, 0.25) is 0 Å². The number of alkyl halides is 1.